The molecule has 21 heavy (non-hydrogen) atoms. The van der Waals surface area contributed by atoms with Gasteiger partial charge in [-0.05, 0) is 67.0 Å². The summed E-state index contributed by atoms with van der Waals surface area (Å²) in [4.78, 5) is 2.27. The van der Waals surface area contributed by atoms with Gasteiger partial charge in [0.25, 0.3) is 0 Å². The van der Waals surface area contributed by atoms with Crippen molar-refractivity contribution in [2.24, 2.45) is 0 Å². The lowest BCUT2D eigenvalue weighted by Gasteiger charge is -2.13. The van der Waals surface area contributed by atoms with E-state index in [1.54, 1.807) is 0 Å². The minimum atomic E-state index is 1.03. The van der Waals surface area contributed by atoms with Gasteiger partial charge < -0.3 is 4.90 Å². The second-order valence-electron chi connectivity index (χ2n) is 6.04. The minimum Gasteiger partial charge on any atom is -0.309 e. The number of hydrogen-bond acceptors (Lipinski definition) is 1. The normalized spacial score (nSPS) is 13.4. The Hall–Kier alpha value is -1.86. The summed E-state index contributed by atoms with van der Waals surface area (Å²) < 4.78 is 0. The Morgan fingerprint density at radius 1 is 0.952 bits per heavy atom. The zero-order chi connectivity index (χ0) is 14.7. The molecule has 0 radical (unpaired) electrons. The van der Waals surface area contributed by atoms with Crippen LogP contribution in [0, 0.1) is 0 Å². The van der Waals surface area contributed by atoms with Gasteiger partial charge in [0.05, 0.1) is 0 Å². The highest BCUT2D eigenvalue weighted by Gasteiger charge is 2.11. The molecule has 0 spiro atoms. The number of hydrogen-bond donors (Lipinski definition) is 0. The molecule has 2 aromatic carbocycles. The maximum absolute atomic E-state index is 2.37. The molecule has 2 aromatic rings. The van der Waals surface area contributed by atoms with E-state index in [4.69, 9.17) is 0 Å². The third-order valence-electron chi connectivity index (χ3n) is 4.20. The lowest BCUT2D eigenvalue weighted by molar-refractivity contribution is 0.403. The molecule has 0 N–H and O–H groups in total. The summed E-state index contributed by atoms with van der Waals surface area (Å²) in [5.74, 6) is 0. The van der Waals surface area contributed by atoms with Gasteiger partial charge in [-0.3, -0.25) is 0 Å². The first-order valence-corrected chi connectivity index (χ1v) is 7.77. The smallest absolute Gasteiger partial charge is 0.00217 e. The quantitative estimate of drug-likeness (QED) is 0.830. The molecule has 1 aliphatic carbocycles. The van der Waals surface area contributed by atoms with Crippen LogP contribution >= 0.6 is 0 Å². The monoisotopic (exact) mass is 277 g/mol. The van der Waals surface area contributed by atoms with E-state index in [0.717, 1.165) is 19.4 Å². The van der Waals surface area contributed by atoms with E-state index in [1.165, 1.54) is 33.6 Å². The Labute approximate surface area is 127 Å². The summed E-state index contributed by atoms with van der Waals surface area (Å²) in [5.41, 5.74) is 4.41. The van der Waals surface area contributed by atoms with E-state index in [9.17, 15) is 0 Å². The Bertz CT molecular complexity index is 740. The summed E-state index contributed by atoms with van der Waals surface area (Å²) in [6, 6.07) is 17.7. The second kappa shape index (κ2) is 6.28. The highest BCUT2D eigenvalue weighted by atomic mass is 15.0. The highest BCUT2D eigenvalue weighted by Crippen LogP contribution is 2.23. The van der Waals surface area contributed by atoms with E-state index >= 15 is 0 Å². The summed E-state index contributed by atoms with van der Waals surface area (Å²) >= 11 is 0. The average molecular weight is 277 g/mol. The van der Waals surface area contributed by atoms with Crippen molar-refractivity contribution in [2.45, 2.75) is 19.3 Å². The zero-order valence-electron chi connectivity index (χ0n) is 13.0. The largest absolute Gasteiger partial charge is 0.309 e. The van der Waals surface area contributed by atoms with Crippen molar-refractivity contribution >= 4 is 11.6 Å². The lowest BCUT2D eigenvalue weighted by atomic mass is 9.94. The van der Waals surface area contributed by atoms with E-state index in [1.807, 2.05) is 0 Å². The number of fused-ring (bicyclic) bond motifs is 2. The van der Waals surface area contributed by atoms with Gasteiger partial charge in [0, 0.05) is 0 Å². The fourth-order valence-corrected chi connectivity index (χ4v) is 3.15. The third kappa shape index (κ3) is 3.08. The summed E-state index contributed by atoms with van der Waals surface area (Å²) in [5, 5.41) is 2.80. The molecule has 0 fully saturated rings. The average Bonchev–Trinajstić information content (AvgIpc) is 2.65. The predicted octanol–water partition coefficient (Wildman–Crippen LogP) is 2.56. The Balaban J connectivity index is 2.11. The van der Waals surface area contributed by atoms with Gasteiger partial charge in [0.2, 0.25) is 0 Å². The van der Waals surface area contributed by atoms with Gasteiger partial charge in [-0.1, -0.05) is 54.6 Å². The topological polar surface area (TPSA) is 3.24 Å². The van der Waals surface area contributed by atoms with Crippen LogP contribution in [0.2, 0.25) is 0 Å². The molecule has 0 unspecified atom stereocenters. The second-order valence-corrected chi connectivity index (χ2v) is 6.04. The number of benzene rings is 2. The van der Waals surface area contributed by atoms with Crippen LogP contribution in [0.4, 0.5) is 0 Å². The number of nitrogens with zero attached hydrogens (tertiary/aromatic N) is 1. The molecule has 3 rings (SSSR count). The molecule has 1 heteroatoms. The first-order valence-electron chi connectivity index (χ1n) is 7.77. The molecule has 0 amide bonds. The van der Waals surface area contributed by atoms with Crippen LogP contribution in [0.1, 0.15) is 24.0 Å². The Morgan fingerprint density at radius 2 is 1.71 bits per heavy atom. The molecule has 1 nitrogen and oxygen atoms in total. The first kappa shape index (κ1) is 14.1. The number of rotatable bonds is 4. The molecule has 0 saturated heterocycles. The van der Waals surface area contributed by atoms with E-state index < -0.39 is 0 Å². The van der Waals surface area contributed by atoms with E-state index in [2.05, 4.69) is 73.6 Å². The molecule has 0 aliphatic heterocycles. The minimum absolute atomic E-state index is 1.03. The predicted molar refractivity (Wildman–Crippen MR) is 90.6 cm³/mol. The van der Waals surface area contributed by atoms with Gasteiger partial charge in [-0.25, -0.2) is 0 Å². The fourth-order valence-electron chi connectivity index (χ4n) is 3.15. The van der Waals surface area contributed by atoms with E-state index in [0.29, 0.717) is 0 Å². The zero-order valence-corrected chi connectivity index (χ0v) is 13.0. The van der Waals surface area contributed by atoms with Crippen LogP contribution in [0.5, 0.6) is 0 Å². The van der Waals surface area contributed by atoms with Crippen molar-refractivity contribution in [1.29, 1.82) is 0 Å². The molecule has 1 aliphatic rings. The lowest BCUT2D eigenvalue weighted by Crippen LogP contribution is -2.26. The van der Waals surface area contributed by atoms with Crippen molar-refractivity contribution in [3.8, 4) is 0 Å². The maximum Gasteiger partial charge on any atom is -0.00217 e. The van der Waals surface area contributed by atoms with Gasteiger partial charge in [-0.15, -0.1) is 0 Å². The van der Waals surface area contributed by atoms with Gasteiger partial charge >= 0.3 is 0 Å². The van der Waals surface area contributed by atoms with Crippen LogP contribution in [0.15, 0.2) is 48.5 Å². The molecule has 0 atom stereocenters. The molecular formula is C20H23N. The Kier molecular flexibility index (Phi) is 4.21. The van der Waals surface area contributed by atoms with Crippen LogP contribution in [0.3, 0.4) is 0 Å². The van der Waals surface area contributed by atoms with Gasteiger partial charge in [-0.2, -0.15) is 0 Å². The Morgan fingerprint density at radius 3 is 2.57 bits per heavy atom. The van der Waals surface area contributed by atoms with Crippen LogP contribution in [0.25, 0.3) is 11.6 Å². The molecule has 0 saturated carbocycles. The van der Waals surface area contributed by atoms with Crippen LogP contribution < -0.4 is 10.4 Å². The van der Waals surface area contributed by atoms with Crippen molar-refractivity contribution in [3.05, 3.63) is 70.1 Å². The SMILES string of the molecule is CN(C)CCCC1=c2ccccc2=CCc2ccccc21. The molecule has 0 aromatic heterocycles. The molecule has 0 heterocycles. The standard InChI is InChI=1S/C20H23N/c1-21(2)15-7-12-20-18-10-5-3-8-16(18)13-14-17-9-4-6-11-19(17)20/h3-6,8-11,13H,7,12,14-15H2,1-2H3. The van der Waals surface area contributed by atoms with Gasteiger partial charge in [0.1, 0.15) is 0 Å². The van der Waals surface area contributed by atoms with Crippen molar-refractivity contribution in [3.63, 3.8) is 0 Å². The van der Waals surface area contributed by atoms with Crippen LogP contribution in [-0.2, 0) is 6.42 Å². The first-order chi connectivity index (χ1) is 10.3. The van der Waals surface area contributed by atoms with Gasteiger partial charge in [0.15, 0.2) is 0 Å². The highest BCUT2D eigenvalue weighted by molar-refractivity contribution is 5.70. The molecule has 0 bridgehead atoms. The molecular weight excluding hydrogens is 254 g/mol. The summed E-state index contributed by atoms with van der Waals surface area (Å²) in [6.45, 7) is 1.14. The fraction of sp³-hybridized carbons (Fsp3) is 0.300. The third-order valence-corrected chi connectivity index (χ3v) is 4.20. The van der Waals surface area contributed by atoms with E-state index in [-0.39, 0.29) is 0 Å². The summed E-state index contributed by atoms with van der Waals surface area (Å²) in [6.07, 6.45) is 5.74. The van der Waals surface area contributed by atoms with Crippen molar-refractivity contribution in [1.82, 2.24) is 4.90 Å². The van der Waals surface area contributed by atoms with Crippen molar-refractivity contribution in [2.75, 3.05) is 20.6 Å². The van der Waals surface area contributed by atoms with Crippen LogP contribution in [-0.4, -0.2) is 25.5 Å². The van der Waals surface area contributed by atoms with Crippen molar-refractivity contribution < 1.29 is 0 Å². The molecule has 108 valence electrons. The maximum atomic E-state index is 2.37. The summed E-state index contributed by atoms with van der Waals surface area (Å²) in [7, 11) is 4.29.